The van der Waals surface area contributed by atoms with Crippen LogP contribution in [0.5, 0.6) is 17.2 Å². The van der Waals surface area contributed by atoms with E-state index in [9.17, 15) is 0 Å². The van der Waals surface area contributed by atoms with E-state index in [0.29, 0.717) is 0 Å². The van der Waals surface area contributed by atoms with E-state index in [-0.39, 0.29) is 0 Å². The van der Waals surface area contributed by atoms with Crippen LogP contribution in [0.2, 0.25) is 0 Å². The fourth-order valence-electron chi connectivity index (χ4n) is 7.27. The van der Waals surface area contributed by atoms with E-state index < -0.39 is 0 Å². The Balaban J connectivity index is 1.09. The number of rotatable bonds is 18. The standard InChI is InChI=1S/C45H54N4O3/c1-31-10-7-13-40-34(22-37(50-4)25-43(31)40)28-46-16-19-49(20-17-47-29-35-23-38(51-5)26-44-32(2)11-8-14-41(35)44)21-18-48-30-36-24-39(52-6)27-45-33(3)12-9-15-42(36)45/h7-15,22-27,46-48H,16-21,28-30H2,1-6H3. The molecule has 0 saturated carbocycles. The van der Waals surface area contributed by atoms with Gasteiger partial charge in [-0.15, -0.1) is 0 Å². The minimum atomic E-state index is 0.784. The summed E-state index contributed by atoms with van der Waals surface area (Å²) in [5.41, 5.74) is 7.56. The molecule has 0 aliphatic carbocycles. The van der Waals surface area contributed by atoms with Crippen molar-refractivity contribution in [3.05, 3.63) is 124 Å². The summed E-state index contributed by atoms with van der Waals surface area (Å²) < 4.78 is 17.0. The second-order valence-corrected chi connectivity index (χ2v) is 13.7. The van der Waals surface area contributed by atoms with Crippen molar-refractivity contribution in [2.45, 2.75) is 40.4 Å². The van der Waals surface area contributed by atoms with E-state index in [1.54, 1.807) is 21.3 Å². The highest BCUT2D eigenvalue weighted by Crippen LogP contribution is 2.30. The van der Waals surface area contributed by atoms with Gasteiger partial charge in [0.2, 0.25) is 0 Å². The molecule has 3 N–H and O–H groups in total. The first-order chi connectivity index (χ1) is 25.4. The van der Waals surface area contributed by atoms with Crippen molar-refractivity contribution in [3.8, 4) is 17.2 Å². The maximum absolute atomic E-state index is 5.66. The van der Waals surface area contributed by atoms with Crippen LogP contribution in [0.4, 0.5) is 0 Å². The first-order valence-electron chi connectivity index (χ1n) is 18.4. The highest BCUT2D eigenvalue weighted by atomic mass is 16.5. The molecule has 0 aliphatic rings. The zero-order valence-electron chi connectivity index (χ0n) is 31.7. The van der Waals surface area contributed by atoms with E-state index in [4.69, 9.17) is 14.2 Å². The lowest BCUT2D eigenvalue weighted by Gasteiger charge is -2.23. The van der Waals surface area contributed by atoms with Gasteiger partial charge in [-0.1, -0.05) is 54.6 Å². The summed E-state index contributed by atoms with van der Waals surface area (Å²) in [7, 11) is 5.23. The number of nitrogens with zero attached hydrogens (tertiary/aromatic N) is 1. The number of benzene rings is 6. The van der Waals surface area contributed by atoms with Crippen molar-refractivity contribution in [1.29, 1.82) is 0 Å². The average Bonchev–Trinajstić information content (AvgIpc) is 3.16. The number of fused-ring (bicyclic) bond motifs is 3. The van der Waals surface area contributed by atoms with E-state index >= 15 is 0 Å². The normalized spacial score (nSPS) is 11.6. The SMILES string of the molecule is COc1cc(CNCCN(CCNCc2cc(OC)cc3c(C)cccc23)CCNCc2cc(OC)cc3c(C)cccc23)c2cccc(C)c2c1. The van der Waals surface area contributed by atoms with Gasteiger partial charge in [0.1, 0.15) is 17.2 Å². The van der Waals surface area contributed by atoms with Gasteiger partial charge in [-0.05, 0) is 123 Å². The Morgan fingerprint density at radius 2 is 0.731 bits per heavy atom. The van der Waals surface area contributed by atoms with Crippen LogP contribution >= 0.6 is 0 Å². The van der Waals surface area contributed by atoms with Crippen molar-refractivity contribution >= 4 is 32.3 Å². The topological polar surface area (TPSA) is 67.0 Å². The fraction of sp³-hybridized carbons (Fsp3) is 0.333. The predicted octanol–water partition coefficient (Wildman–Crippen LogP) is 8.07. The van der Waals surface area contributed by atoms with Gasteiger partial charge in [0.15, 0.2) is 0 Å². The Hall–Kier alpha value is -4.66. The van der Waals surface area contributed by atoms with Crippen LogP contribution < -0.4 is 30.2 Å². The first-order valence-corrected chi connectivity index (χ1v) is 18.4. The summed E-state index contributed by atoms with van der Waals surface area (Å²) in [6.07, 6.45) is 0. The second-order valence-electron chi connectivity index (χ2n) is 13.7. The van der Waals surface area contributed by atoms with E-state index in [2.05, 4.69) is 133 Å². The molecule has 0 atom stereocenters. The van der Waals surface area contributed by atoms with Gasteiger partial charge in [0.25, 0.3) is 0 Å². The summed E-state index contributed by atoms with van der Waals surface area (Å²) in [5.74, 6) is 2.70. The smallest absolute Gasteiger partial charge is 0.119 e. The number of nitrogens with one attached hydrogen (secondary N) is 3. The van der Waals surface area contributed by atoms with Crippen molar-refractivity contribution in [2.75, 3.05) is 60.6 Å². The van der Waals surface area contributed by atoms with Gasteiger partial charge in [-0.3, -0.25) is 4.90 Å². The highest BCUT2D eigenvalue weighted by Gasteiger charge is 2.11. The van der Waals surface area contributed by atoms with E-state index in [0.717, 1.165) is 76.2 Å². The third kappa shape index (κ3) is 8.85. The molecule has 0 amide bonds. The van der Waals surface area contributed by atoms with Crippen LogP contribution in [0.25, 0.3) is 32.3 Å². The molecule has 0 heterocycles. The Morgan fingerprint density at radius 1 is 0.423 bits per heavy atom. The molecule has 0 bridgehead atoms. The molecule has 0 spiro atoms. The van der Waals surface area contributed by atoms with Gasteiger partial charge >= 0.3 is 0 Å². The summed E-state index contributed by atoms with van der Waals surface area (Å²) >= 11 is 0. The third-order valence-electron chi connectivity index (χ3n) is 10.3. The third-order valence-corrected chi connectivity index (χ3v) is 10.3. The number of aryl methyl sites for hydroxylation is 3. The van der Waals surface area contributed by atoms with Gasteiger partial charge in [-0.25, -0.2) is 0 Å². The zero-order valence-corrected chi connectivity index (χ0v) is 31.7. The minimum Gasteiger partial charge on any atom is -0.497 e. The maximum Gasteiger partial charge on any atom is 0.119 e. The molecule has 6 aromatic carbocycles. The first kappa shape index (κ1) is 37.1. The lowest BCUT2D eigenvalue weighted by atomic mass is 10.00. The molecule has 6 aromatic rings. The molecule has 272 valence electrons. The Bertz CT molecular complexity index is 1890. The minimum absolute atomic E-state index is 0.784. The molecule has 7 heteroatoms. The predicted molar refractivity (Wildman–Crippen MR) is 217 cm³/mol. The zero-order chi connectivity index (χ0) is 36.5. The molecule has 0 aliphatic heterocycles. The van der Waals surface area contributed by atoms with Gasteiger partial charge in [-0.2, -0.15) is 0 Å². The Kier molecular flexibility index (Phi) is 12.6. The Morgan fingerprint density at radius 3 is 1.02 bits per heavy atom. The molecular formula is C45H54N4O3. The Labute approximate surface area is 309 Å². The van der Waals surface area contributed by atoms with Crippen molar-refractivity contribution in [2.24, 2.45) is 0 Å². The van der Waals surface area contributed by atoms with Crippen LogP contribution in [0, 0.1) is 20.8 Å². The molecule has 0 radical (unpaired) electrons. The van der Waals surface area contributed by atoms with Gasteiger partial charge < -0.3 is 30.2 Å². The number of methoxy groups -OCH3 is 3. The van der Waals surface area contributed by atoms with Gasteiger partial charge in [0.05, 0.1) is 21.3 Å². The van der Waals surface area contributed by atoms with E-state index in [1.165, 1.54) is 65.7 Å². The van der Waals surface area contributed by atoms with Crippen LogP contribution in [-0.2, 0) is 19.6 Å². The van der Waals surface area contributed by atoms with Crippen LogP contribution in [0.15, 0.2) is 91.0 Å². The average molecular weight is 699 g/mol. The van der Waals surface area contributed by atoms with Crippen LogP contribution in [0.1, 0.15) is 33.4 Å². The summed E-state index contributed by atoms with van der Waals surface area (Å²) in [6, 6.07) is 32.4. The van der Waals surface area contributed by atoms with Crippen molar-refractivity contribution in [3.63, 3.8) is 0 Å². The quantitative estimate of drug-likeness (QED) is 0.0785. The molecule has 6 rings (SSSR count). The van der Waals surface area contributed by atoms with Crippen molar-refractivity contribution < 1.29 is 14.2 Å². The summed E-state index contributed by atoms with van der Waals surface area (Å²) in [6.45, 7) is 14.3. The monoisotopic (exact) mass is 698 g/mol. The van der Waals surface area contributed by atoms with Gasteiger partial charge in [0, 0.05) is 58.9 Å². The molecule has 0 fully saturated rings. The summed E-state index contributed by atoms with van der Waals surface area (Å²) in [4.78, 5) is 2.54. The molecular weight excluding hydrogens is 645 g/mol. The number of ether oxygens (including phenoxy) is 3. The van der Waals surface area contributed by atoms with E-state index in [1.807, 2.05) is 0 Å². The lowest BCUT2D eigenvalue weighted by Crippen LogP contribution is -2.40. The molecule has 52 heavy (non-hydrogen) atoms. The number of hydrogen-bond donors (Lipinski definition) is 3. The van der Waals surface area contributed by atoms with Crippen LogP contribution in [0.3, 0.4) is 0 Å². The maximum atomic E-state index is 5.66. The van der Waals surface area contributed by atoms with Crippen molar-refractivity contribution in [1.82, 2.24) is 20.9 Å². The molecule has 0 aromatic heterocycles. The fourth-order valence-corrected chi connectivity index (χ4v) is 7.27. The summed E-state index contributed by atoms with van der Waals surface area (Å²) in [5, 5.41) is 18.8. The molecule has 0 unspecified atom stereocenters. The second kappa shape index (κ2) is 17.7. The molecule has 7 nitrogen and oxygen atoms in total. The number of hydrogen-bond acceptors (Lipinski definition) is 7. The molecule has 0 saturated heterocycles. The highest BCUT2D eigenvalue weighted by molar-refractivity contribution is 5.91. The lowest BCUT2D eigenvalue weighted by molar-refractivity contribution is 0.271. The largest absolute Gasteiger partial charge is 0.497 e. The van der Waals surface area contributed by atoms with Crippen LogP contribution in [-0.4, -0.2) is 65.5 Å².